The number of fused-ring (bicyclic) bond motifs is 1. The number of hydrogen-bond acceptors (Lipinski definition) is 6. The van der Waals surface area contributed by atoms with Crippen LogP contribution in [0.4, 0.5) is 14.9 Å². The van der Waals surface area contributed by atoms with Gasteiger partial charge in [0.05, 0.1) is 6.61 Å². The van der Waals surface area contributed by atoms with Crippen LogP contribution in [0.25, 0.3) is 11.3 Å². The highest BCUT2D eigenvalue weighted by atomic mass is 32.1. The average Bonchev–Trinajstić information content (AvgIpc) is 3.21. The largest absolute Gasteiger partial charge is 0.467 e. The molecule has 0 unspecified atom stereocenters. The molecule has 1 aromatic heterocycles. The van der Waals surface area contributed by atoms with Crippen LogP contribution in [0.1, 0.15) is 11.1 Å². The summed E-state index contributed by atoms with van der Waals surface area (Å²) in [6, 6.07) is 9.57. The topological polar surface area (TPSA) is 85.4 Å². The zero-order chi connectivity index (χ0) is 18.6. The molecule has 0 radical (unpaired) electrons. The Morgan fingerprint density at radius 3 is 2.89 bits per heavy atom. The number of amides is 2. The van der Waals surface area contributed by atoms with Crippen LogP contribution in [-0.4, -0.2) is 22.4 Å². The molecule has 2 N–H and O–H groups in total. The van der Waals surface area contributed by atoms with Crippen molar-refractivity contribution in [3.63, 3.8) is 0 Å². The Balaban J connectivity index is 1.38. The van der Waals surface area contributed by atoms with E-state index < -0.39 is 11.8 Å². The van der Waals surface area contributed by atoms with Gasteiger partial charge in [-0.1, -0.05) is 16.6 Å². The molecule has 0 spiro atoms. The molecule has 0 saturated carbocycles. The molecule has 4 rings (SSSR count). The van der Waals surface area contributed by atoms with Crippen molar-refractivity contribution in [2.75, 3.05) is 12.1 Å². The number of carbonyl (C=O) groups is 1. The number of anilines is 1. The van der Waals surface area contributed by atoms with Gasteiger partial charge in [-0.2, -0.15) is 0 Å². The van der Waals surface area contributed by atoms with Gasteiger partial charge >= 0.3 is 6.03 Å². The first kappa shape index (κ1) is 17.4. The van der Waals surface area contributed by atoms with Crippen LogP contribution in [0.3, 0.4) is 0 Å². The van der Waals surface area contributed by atoms with Crippen molar-refractivity contribution in [1.82, 2.24) is 14.9 Å². The summed E-state index contributed by atoms with van der Waals surface area (Å²) in [5.41, 5.74) is 3.53. The van der Waals surface area contributed by atoms with Crippen molar-refractivity contribution in [2.24, 2.45) is 0 Å². The normalized spacial score (nSPS) is 12.8. The Labute approximate surface area is 158 Å². The van der Waals surface area contributed by atoms with Crippen LogP contribution in [-0.2, 0) is 17.9 Å². The maximum absolute atomic E-state index is 13.7. The van der Waals surface area contributed by atoms with Crippen LogP contribution in [0.15, 0.2) is 41.8 Å². The van der Waals surface area contributed by atoms with Gasteiger partial charge in [0.15, 0.2) is 6.79 Å². The number of nitrogens with zero attached hydrogens (tertiary/aromatic N) is 2. The molecule has 1 aliphatic heterocycles. The lowest BCUT2D eigenvalue weighted by atomic mass is 10.1. The maximum atomic E-state index is 13.7. The number of halogens is 1. The highest BCUT2D eigenvalue weighted by molar-refractivity contribution is 7.03. The fraction of sp³-hybridized carbons (Fsp3) is 0.167. The van der Waals surface area contributed by atoms with Gasteiger partial charge in [0.1, 0.15) is 17.3 Å². The van der Waals surface area contributed by atoms with E-state index in [-0.39, 0.29) is 19.9 Å². The lowest BCUT2D eigenvalue weighted by molar-refractivity contribution is -0.0173. The quantitative estimate of drug-likeness (QED) is 0.716. The average molecular weight is 386 g/mol. The summed E-state index contributed by atoms with van der Waals surface area (Å²) in [4.78, 5) is 12.2. The van der Waals surface area contributed by atoms with Crippen molar-refractivity contribution < 1.29 is 18.7 Å². The Kier molecular flexibility index (Phi) is 4.95. The Hall–Kier alpha value is -3.04. The standard InChI is InChI=1S/C18H15FN4O3S/c19-14-5-12(17-13(6-14)8-25-10-26-17)7-20-18(24)21-15-3-1-11(2-4-15)16-9-27-23-22-16/h1-6,9H,7-8,10H2,(H2,20,21,24). The van der Waals surface area contributed by atoms with Crippen molar-refractivity contribution in [3.05, 3.63) is 58.7 Å². The molecule has 0 bridgehead atoms. The minimum absolute atomic E-state index is 0.110. The summed E-state index contributed by atoms with van der Waals surface area (Å²) in [6.07, 6.45) is 0. The molecule has 1 aliphatic rings. The number of rotatable bonds is 4. The number of benzene rings is 2. The van der Waals surface area contributed by atoms with Gasteiger partial charge in [-0.05, 0) is 35.8 Å². The van der Waals surface area contributed by atoms with E-state index in [2.05, 4.69) is 20.2 Å². The van der Waals surface area contributed by atoms with Crippen LogP contribution < -0.4 is 15.4 Å². The zero-order valence-electron chi connectivity index (χ0n) is 14.1. The second-order valence-corrected chi connectivity index (χ2v) is 6.45. The Bertz CT molecular complexity index is 948. The second kappa shape index (κ2) is 7.68. The predicted molar refractivity (Wildman–Crippen MR) is 97.9 cm³/mol. The van der Waals surface area contributed by atoms with Crippen molar-refractivity contribution in [3.8, 4) is 17.0 Å². The van der Waals surface area contributed by atoms with Crippen molar-refractivity contribution in [2.45, 2.75) is 13.2 Å². The van der Waals surface area contributed by atoms with E-state index in [0.717, 1.165) is 11.3 Å². The van der Waals surface area contributed by atoms with Crippen molar-refractivity contribution in [1.29, 1.82) is 0 Å². The van der Waals surface area contributed by atoms with Crippen molar-refractivity contribution >= 4 is 23.3 Å². The molecule has 2 amide bonds. The first-order valence-corrected chi connectivity index (χ1v) is 8.97. The molecule has 0 saturated heterocycles. The number of urea groups is 1. The molecular formula is C18H15FN4O3S. The fourth-order valence-electron chi connectivity index (χ4n) is 2.75. The van der Waals surface area contributed by atoms with Crippen LogP contribution in [0, 0.1) is 5.82 Å². The number of aromatic nitrogens is 2. The Morgan fingerprint density at radius 1 is 1.26 bits per heavy atom. The zero-order valence-corrected chi connectivity index (χ0v) is 14.9. The molecule has 0 fully saturated rings. The third-order valence-electron chi connectivity index (χ3n) is 3.99. The van der Waals surface area contributed by atoms with E-state index in [0.29, 0.717) is 22.6 Å². The first-order valence-electron chi connectivity index (χ1n) is 8.13. The van der Waals surface area contributed by atoms with E-state index in [1.165, 1.54) is 23.7 Å². The van der Waals surface area contributed by atoms with Gasteiger partial charge in [0.2, 0.25) is 0 Å². The minimum Gasteiger partial charge on any atom is -0.467 e. The predicted octanol–water partition coefficient (Wildman–Crippen LogP) is 3.53. The van der Waals surface area contributed by atoms with Gasteiger partial charge in [0, 0.05) is 34.3 Å². The van der Waals surface area contributed by atoms with Gasteiger partial charge in [-0.15, -0.1) is 5.10 Å². The summed E-state index contributed by atoms with van der Waals surface area (Å²) in [5.74, 6) is 0.163. The summed E-state index contributed by atoms with van der Waals surface area (Å²) < 4.78 is 28.1. The van der Waals surface area contributed by atoms with Gasteiger partial charge in [-0.3, -0.25) is 0 Å². The molecule has 9 heteroatoms. The lowest BCUT2D eigenvalue weighted by Gasteiger charge is -2.21. The van der Waals surface area contributed by atoms with E-state index >= 15 is 0 Å². The van der Waals surface area contributed by atoms with Gasteiger partial charge in [-0.25, -0.2) is 9.18 Å². The molecule has 0 aliphatic carbocycles. The van der Waals surface area contributed by atoms with Gasteiger partial charge in [0.25, 0.3) is 0 Å². The smallest absolute Gasteiger partial charge is 0.319 e. The number of nitrogens with one attached hydrogen (secondary N) is 2. The molecule has 27 heavy (non-hydrogen) atoms. The summed E-state index contributed by atoms with van der Waals surface area (Å²) in [5, 5.41) is 11.3. The number of carbonyl (C=O) groups excluding carboxylic acids is 1. The molecule has 138 valence electrons. The first-order chi connectivity index (χ1) is 13.2. The molecule has 7 nitrogen and oxygen atoms in total. The minimum atomic E-state index is -0.400. The summed E-state index contributed by atoms with van der Waals surface area (Å²) in [6.45, 7) is 0.528. The molecule has 0 atom stereocenters. The molecule has 2 aromatic carbocycles. The molecule has 2 heterocycles. The van der Waals surface area contributed by atoms with E-state index in [9.17, 15) is 9.18 Å². The fourth-order valence-corrected chi connectivity index (χ4v) is 3.22. The molecular weight excluding hydrogens is 371 g/mol. The Morgan fingerprint density at radius 2 is 2.11 bits per heavy atom. The van der Waals surface area contributed by atoms with Crippen LogP contribution in [0.5, 0.6) is 5.75 Å². The maximum Gasteiger partial charge on any atom is 0.319 e. The highest BCUT2D eigenvalue weighted by Crippen LogP contribution is 2.29. The third kappa shape index (κ3) is 4.04. The summed E-state index contributed by atoms with van der Waals surface area (Å²) >= 11 is 1.28. The lowest BCUT2D eigenvalue weighted by Crippen LogP contribution is -2.28. The summed E-state index contributed by atoms with van der Waals surface area (Å²) in [7, 11) is 0. The molecule has 3 aromatic rings. The van der Waals surface area contributed by atoms with E-state index in [1.54, 1.807) is 12.1 Å². The number of ether oxygens (including phenoxy) is 2. The SMILES string of the molecule is O=C(NCc1cc(F)cc2c1OCOC2)Nc1ccc(-c2csnn2)cc1. The second-order valence-electron chi connectivity index (χ2n) is 5.84. The number of hydrogen-bond donors (Lipinski definition) is 2. The van der Waals surface area contributed by atoms with Crippen LogP contribution in [0.2, 0.25) is 0 Å². The van der Waals surface area contributed by atoms with Crippen LogP contribution >= 0.6 is 11.5 Å². The third-order valence-corrected chi connectivity index (χ3v) is 4.49. The van der Waals surface area contributed by atoms with E-state index in [1.807, 2.05) is 17.5 Å². The van der Waals surface area contributed by atoms with E-state index in [4.69, 9.17) is 9.47 Å². The van der Waals surface area contributed by atoms with Gasteiger partial charge < -0.3 is 20.1 Å². The monoisotopic (exact) mass is 386 g/mol. The highest BCUT2D eigenvalue weighted by Gasteiger charge is 2.17.